The number of methoxy groups -OCH3 is 1. The van der Waals surface area contributed by atoms with E-state index in [-0.39, 0.29) is 5.75 Å². The van der Waals surface area contributed by atoms with E-state index in [9.17, 15) is 49.8 Å². The van der Waals surface area contributed by atoms with Gasteiger partial charge in [-0.1, -0.05) is 0 Å². The van der Waals surface area contributed by atoms with Crippen molar-refractivity contribution in [2.45, 2.75) is 93.3 Å². The molecule has 0 saturated carbocycles. The zero-order chi connectivity index (χ0) is 29.7. The van der Waals surface area contributed by atoms with Gasteiger partial charge in [0, 0.05) is 40.1 Å². The molecule has 0 spiro atoms. The molecule has 17 heteroatoms. The van der Waals surface area contributed by atoms with Gasteiger partial charge in [-0.2, -0.15) is 0 Å². The van der Waals surface area contributed by atoms with Crippen LogP contribution < -0.4 is 5.32 Å². The molecule has 16 nitrogen and oxygen atoms in total. The molecule has 9 unspecified atom stereocenters. The van der Waals surface area contributed by atoms with Crippen LogP contribution >= 0.6 is 11.8 Å². The fourth-order valence-electron chi connectivity index (χ4n) is 4.26. The molecule has 224 valence electrons. The maximum atomic E-state index is 12.5. The van der Waals surface area contributed by atoms with E-state index >= 15 is 0 Å². The number of aliphatic hydroxyl groups is 5. The summed E-state index contributed by atoms with van der Waals surface area (Å²) in [5.41, 5.74) is 0. The van der Waals surface area contributed by atoms with Gasteiger partial charge in [-0.15, -0.1) is 11.8 Å². The Balaban J connectivity index is 2.35. The van der Waals surface area contributed by atoms with Crippen molar-refractivity contribution in [2.75, 3.05) is 19.5 Å². The maximum absolute atomic E-state index is 12.5. The Hall–Kier alpha value is -2.09. The van der Waals surface area contributed by atoms with Crippen LogP contribution in [0.3, 0.4) is 0 Å². The zero-order valence-electron chi connectivity index (χ0n) is 21.7. The number of esters is 2. The fraction of sp³-hybridized carbons (Fsp3) is 0.818. The van der Waals surface area contributed by atoms with Crippen molar-refractivity contribution in [3.63, 3.8) is 0 Å². The lowest BCUT2D eigenvalue weighted by atomic mass is 9.89. The summed E-state index contributed by atoms with van der Waals surface area (Å²) in [6, 6.07) is -1.37. The lowest BCUT2D eigenvalue weighted by molar-refractivity contribution is -0.287. The number of carboxylic acids is 1. The Morgan fingerprint density at radius 3 is 2.23 bits per heavy atom. The molecule has 2 aliphatic rings. The van der Waals surface area contributed by atoms with Gasteiger partial charge in [0.25, 0.3) is 0 Å². The van der Waals surface area contributed by atoms with Gasteiger partial charge in [0.2, 0.25) is 10.8 Å². The molecule has 7 N–H and O–H groups in total. The number of amides is 1. The molecule has 0 aromatic carbocycles. The van der Waals surface area contributed by atoms with E-state index in [1.165, 1.54) is 7.11 Å². The molecule has 2 fully saturated rings. The van der Waals surface area contributed by atoms with Gasteiger partial charge < -0.3 is 59.6 Å². The second-order valence-corrected chi connectivity index (χ2v) is 10.4. The maximum Gasteiger partial charge on any atom is 0.346 e. The second kappa shape index (κ2) is 14.0. The Labute approximate surface area is 227 Å². The van der Waals surface area contributed by atoms with E-state index in [1.807, 2.05) is 0 Å². The monoisotopic (exact) mass is 585 g/mol. The molecule has 0 bridgehead atoms. The first kappa shape index (κ1) is 33.1. The number of ether oxygens (including phenoxy) is 5. The van der Waals surface area contributed by atoms with Crippen LogP contribution in [-0.4, -0.2) is 140 Å². The molecule has 39 heavy (non-hydrogen) atoms. The summed E-state index contributed by atoms with van der Waals surface area (Å²) < 4.78 is 26.1. The number of thioether (sulfide) groups is 1. The van der Waals surface area contributed by atoms with E-state index < -0.39 is 103 Å². The minimum Gasteiger partial charge on any atom is -0.478 e. The summed E-state index contributed by atoms with van der Waals surface area (Å²) in [6.07, 6.45) is -14.9. The molecule has 1 amide bonds. The second-order valence-electron chi connectivity index (χ2n) is 9.14. The van der Waals surface area contributed by atoms with Crippen molar-refractivity contribution in [1.82, 2.24) is 5.32 Å². The smallest absolute Gasteiger partial charge is 0.346 e. The summed E-state index contributed by atoms with van der Waals surface area (Å²) in [7, 11) is 1.19. The number of aliphatic carboxylic acids is 1. The van der Waals surface area contributed by atoms with Crippen molar-refractivity contribution in [3.05, 3.63) is 0 Å². The van der Waals surface area contributed by atoms with Crippen LogP contribution in [0.1, 0.15) is 27.2 Å². The molecule has 0 radical (unpaired) electrons. The molecular formula is C22H35NO15S. The molecule has 2 rings (SSSR count). The Kier molecular flexibility index (Phi) is 11.9. The summed E-state index contributed by atoms with van der Waals surface area (Å²) in [6.45, 7) is 2.54. The number of carboxylic acid groups (broad SMARTS) is 1. The Morgan fingerprint density at radius 1 is 1.08 bits per heavy atom. The van der Waals surface area contributed by atoms with Crippen LogP contribution in [0, 0.1) is 0 Å². The molecule has 0 aromatic rings. The van der Waals surface area contributed by atoms with E-state index in [1.54, 1.807) is 0 Å². The van der Waals surface area contributed by atoms with Crippen LogP contribution in [0.4, 0.5) is 0 Å². The van der Waals surface area contributed by atoms with Crippen molar-refractivity contribution in [3.8, 4) is 0 Å². The number of aliphatic hydroxyl groups excluding tert-OH is 5. The third kappa shape index (κ3) is 8.21. The first-order valence-electron chi connectivity index (χ1n) is 11.8. The summed E-state index contributed by atoms with van der Waals surface area (Å²) in [5, 5.41) is 65.1. The molecule has 2 heterocycles. The average molecular weight is 586 g/mol. The third-order valence-electron chi connectivity index (χ3n) is 6.11. The molecule has 2 aliphatic heterocycles. The van der Waals surface area contributed by atoms with Gasteiger partial charge in [0.1, 0.15) is 43.2 Å². The molecule has 0 aromatic heterocycles. The molecule has 2 saturated heterocycles. The van der Waals surface area contributed by atoms with Crippen molar-refractivity contribution < 1.29 is 73.5 Å². The Bertz CT molecular complexity index is 892. The predicted octanol–water partition coefficient (Wildman–Crippen LogP) is -3.54. The predicted molar refractivity (Wildman–Crippen MR) is 128 cm³/mol. The number of carbonyl (C=O) groups excluding carboxylic acids is 3. The van der Waals surface area contributed by atoms with E-state index in [4.69, 9.17) is 18.9 Å². The number of hydrogen-bond acceptors (Lipinski definition) is 15. The van der Waals surface area contributed by atoms with Gasteiger partial charge in [0.05, 0.1) is 12.1 Å². The highest BCUT2D eigenvalue weighted by Gasteiger charge is 2.56. The van der Waals surface area contributed by atoms with Gasteiger partial charge >= 0.3 is 17.9 Å². The summed E-state index contributed by atoms with van der Waals surface area (Å²) in [4.78, 5) is 44.6. The standard InChI is InChI=1S/C22H35NO15S/c1-8(24)23-14-11(27)5-22(21(32)33,38-19(14)15(29)12(28)6-35-9(2)25)39-7-13-18(36-10(3)26)16(30)17(31)20(34-4)37-13/h11-20,27-31H,5-7H2,1-4H3,(H,23,24)(H,32,33)/t11?,12-,13?,14?,15-,16?,17?,18?,19?,20?,22?/m1/s1. The van der Waals surface area contributed by atoms with E-state index in [0.29, 0.717) is 11.8 Å². The highest BCUT2D eigenvalue weighted by Crippen LogP contribution is 2.42. The minimum atomic E-state index is -2.31. The van der Waals surface area contributed by atoms with Gasteiger partial charge in [-0.05, 0) is 0 Å². The van der Waals surface area contributed by atoms with E-state index in [2.05, 4.69) is 10.1 Å². The molecule has 0 aliphatic carbocycles. The fourth-order valence-corrected chi connectivity index (χ4v) is 5.55. The number of rotatable bonds is 11. The lowest BCUT2D eigenvalue weighted by Gasteiger charge is -2.47. The van der Waals surface area contributed by atoms with Gasteiger partial charge in [-0.25, -0.2) is 4.79 Å². The first-order chi connectivity index (χ1) is 18.1. The Morgan fingerprint density at radius 2 is 1.72 bits per heavy atom. The van der Waals surface area contributed by atoms with Crippen LogP contribution in [0.2, 0.25) is 0 Å². The third-order valence-corrected chi connectivity index (χ3v) is 7.51. The average Bonchev–Trinajstić information content (AvgIpc) is 2.85. The normalized spacial score (nSPS) is 36.3. The SMILES string of the molecule is COC1OC(CSC2(C(=O)O)CC(O)C(NC(C)=O)C([C@H](O)[C@H](O)COC(C)=O)O2)C(OC(C)=O)C(O)C1O. The van der Waals surface area contributed by atoms with Crippen LogP contribution in [-0.2, 0) is 42.9 Å². The van der Waals surface area contributed by atoms with Crippen molar-refractivity contribution in [1.29, 1.82) is 0 Å². The quantitative estimate of drug-likeness (QED) is 0.116. The highest BCUT2D eigenvalue weighted by molar-refractivity contribution is 8.01. The first-order valence-corrected chi connectivity index (χ1v) is 12.8. The number of hydrogen-bond donors (Lipinski definition) is 7. The largest absolute Gasteiger partial charge is 0.478 e. The van der Waals surface area contributed by atoms with Crippen molar-refractivity contribution >= 4 is 35.6 Å². The van der Waals surface area contributed by atoms with Gasteiger partial charge in [-0.3, -0.25) is 14.4 Å². The van der Waals surface area contributed by atoms with E-state index in [0.717, 1.165) is 20.8 Å². The lowest BCUT2D eigenvalue weighted by Crippen LogP contribution is -2.66. The molecule has 11 atom stereocenters. The minimum absolute atomic E-state index is 0.357. The number of nitrogens with one attached hydrogen (secondary N) is 1. The summed E-state index contributed by atoms with van der Waals surface area (Å²) >= 11 is 0.545. The van der Waals surface area contributed by atoms with Crippen LogP contribution in [0.15, 0.2) is 0 Å². The zero-order valence-corrected chi connectivity index (χ0v) is 22.5. The number of carbonyl (C=O) groups is 4. The highest BCUT2D eigenvalue weighted by atomic mass is 32.2. The van der Waals surface area contributed by atoms with Crippen LogP contribution in [0.5, 0.6) is 0 Å². The van der Waals surface area contributed by atoms with Crippen LogP contribution in [0.25, 0.3) is 0 Å². The molecular weight excluding hydrogens is 550 g/mol. The van der Waals surface area contributed by atoms with Crippen molar-refractivity contribution in [2.24, 2.45) is 0 Å². The summed E-state index contributed by atoms with van der Waals surface area (Å²) in [5.74, 6) is -4.20. The van der Waals surface area contributed by atoms with Gasteiger partial charge in [0.15, 0.2) is 12.4 Å². The topological polar surface area (TPSA) is 248 Å².